The van der Waals surface area contributed by atoms with E-state index in [1.165, 1.54) is 18.4 Å². The molecule has 2 aliphatic carbocycles. The van der Waals surface area contributed by atoms with Crippen LogP contribution in [0.5, 0.6) is 5.75 Å². The highest BCUT2D eigenvalue weighted by Gasteiger charge is 2.42. The number of nitrogens with one attached hydrogen (secondary N) is 2. The molecule has 2 fully saturated rings. The van der Waals surface area contributed by atoms with Crippen LogP contribution in [-0.4, -0.2) is 41.2 Å². The SMILES string of the molecule is COc1ccc([C@@H]2C[C@H]2NC2CCC(F)(F)CC2)cc1C(=O)Nc1nnc(C)s1. The van der Waals surface area contributed by atoms with Gasteiger partial charge < -0.3 is 10.1 Å². The molecule has 2 aromatic rings. The van der Waals surface area contributed by atoms with Crippen molar-refractivity contribution in [1.82, 2.24) is 15.5 Å². The molecule has 6 nitrogen and oxygen atoms in total. The van der Waals surface area contributed by atoms with Crippen molar-refractivity contribution < 1.29 is 18.3 Å². The number of alkyl halides is 2. The second-order valence-corrected chi connectivity index (χ2v) is 8.97. The van der Waals surface area contributed by atoms with E-state index >= 15 is 0 Å². The Balaban J connectivity index is 1.41. The van der Waals surface area contributed by atoms with Gasteiger partial charge in [-0.3, -0.25) is 10.1 Å². The van der Waals surface area contributed by atoms with Gasteiger partial charge in [-0.05, 0) is 43.9 Å². The summed E-state index contributed by atoms with van der Waals surface area (Å²) >= 11 is 1.31. The van der Waals surface area contributed by atoms with Crippen LogP contribution in [0.25, 0.3) is 0 Å². The Bertz CT molecular complexity index is 894. The minimum Gasteiger partial charge on any atom is -0.496 e. The Hall–Kier alpha value is -2.13. The Labute approximate surface area is 172 Å². The standard InChI is InChI=1S/C20H24F2N4O2S/c1-11-25-26-19(29-11)24-18(27)15-9-12(3-4-17(15)28-2)14-10-16(14)23-13-5-7-20(21,22)8-6-13/h3-4,9,13-14,16,23H,5-8,10H2,1-2H3,(H,24,26,27)/t14-,16+/m0/s1. The minimum atomic E-state index is -2.51. The summed E-state index contributed by atoms with van der Waals surface area (Å²) in [5.41, 5.74) is 1.49. The number of rotatable bonds is 6. The molecule has 1 amide bonds. The van der Waals surface area contributed by atoms with Crippen molar-refractivity contribution in [3.63, 3.8) is 0 Å². The van der Waals surface area contributed by atoms with Crippen LogP contribution in [0.15, 0.2) is 18.2 Å². The molecule has 9 heteroatoms. The summed E-state index contributed by atoms with van der Waals surface area (Å²) in [5, 5.41) is 15.3. The third kappa shape index (κ3) is 4.72. The Morgan fingerprint density at radius 3 is 2.69 bits per heavy atom. The average molecular weight is 423 g/mol. The van der Waals surface area contributed by atoms with Gasteiger partial charge in [-0.15, -0.1) is 10.2 Å². The summed E-state index contributed by atoms with van der Waals surface area (Å²) in [4.78, 5) is 12.7. The van der Waals surface area contributed by atoms with Crippen molar-refractivity contribution >= 4 is 22.4 Å². The van der Waals surface area contributed by atoms with Crippen molar-refractivity contribution in [3.05, 3.63) is 34.3 Å². The van der Waals surface area contributed by atoms with Crippen LogP contribution in [-0.2, 0) is 0 Å². The monoisotopic (exact) mass is 422 g/mol. The Kier molecular flexibility index (Phi) is 5.52. The fraction of sp³-hybridized carbons (Fsp3) is 0.550. The number of carbonyl (C=O) groups excluding carboxylic acids is 1. The number of ether oxygens (including phenoxy) is 1. The Morgan fingerprint density at radius 2 is 2.03 bits per heavy atom. The number of aryl methyl sites for hydroxylation is 1. The van der Waals surface area contributed by atoms with E-state index < -0.39 is 5.92 Å². The summed E-state index contributed by atoms with van der Waals surface area (Å²) in [7, 11) is 1.53. The highest BCUT2D eigenvalue weighted by molar-refractivity contribution is 7.15. The van der Waals surface area contributed by atoms with Crippen molar-refractivity contribution in [3.8, 4) is 5.75 Å². The number of nitrogens with zero attached hydrogens (tertiary/aromatic N) is 2. The lowest BCUT2D eigenvalue weighted by Crippen LogP contribution is -2.38. The molecule has 156 valence electrons. The van der Waals surface area contributed by atoms with E-state index in [2.05, 4.69) is 20.8 Å². The van der Waals surface area contributed by atoms with Gasteiger partial charge in [0.15, 0.2) is 0 Å². The number of hydrogen-bond donors (Lipinski definition) is 2. The fourth-order valence-electron chi connectivity index (χ4n) is 3.90. The third-order valence-corrected chi connectivity index (χ3v) is 6.35. The fourth-order valence-corrected chi connectivity index (χ4v) is 4.49. The zero-order chi connectivity index (χ0) is 20.6. The third-order valence-electron chi connectivity index (χ3n) is 5.60. The zero-order valence-corrected chi connectivity index (χ0v) is 17.2. The highest BCUT2D eigenvalue weighted by atomic mass is 32.1. The molecule has 1 aromatic heterocycles. The number of amides is 1. The van der Waals surface area contributed by atoms with Gasteiger partial charge in [0.25, 0.3) is 5.91 Å². The first-order valence-electron chi connectivity index (χ1n) is 9.78. The number of methoxy groups -OCH3 is 1. The summed E-state index contributed by atoms with van der Waals surface area (Å²) in [6.07, 6.45) is 1.87. The molecule has 2 aliphatic rings. The first-order chi connectivity index (χ1) is 13.8. The van der Waals surface area contributed by atoms with Gasteiger partial charge >= 0.3 is 0 Å². The molecule has 0 spiro atoms. The first-order valence-corrected chi connectivity index (χ1v) is 10.6. The maximum atomic E-state index is 13.3. The van der Waals surface area contributed by atoms with Gasteiger partial charge in [-0.1, -0.05) is 17.4 Å². The average Bonchev–Trinajstić information content (AvgIpc) is 3.34. The van der Waals surface area contributed by atoms with Crippen LogP contribution in [0.3, 0.4) is 0 Å². The van der Waals surface area contributed by atoms with E-state index in [1.54, 1.807) is 6.07 Å². The van der Waals surface area contributed by atoms with E-state index in [-0.39, 0.29) is 36.8 Å². The number of aromatic nitrogens is 2. The second-order valence-electron chi connectivity index (χ2n) is 7.79. The number of benzene rings is 1. The zero-order valence-electron chi connectivity index (χ0n) is 16.4. The molecule has 2 N–H and O–H groups in total. The minimum absolute atomic E-state index is 0.0417. The van der Waals surface area contributed by atoms with E-state index in [1.807, 2.05) is 19.1 Å². The molecule has 0 saturated heterocycles. The van der Waals surface area contributed by atoms with E-state index in [0.717, 1.165) is 17.0 Å². The molecule has 4 rings (SSSR count). The quantitative estimate of drug-likeness (QED) is 0.732. The van der Waals surface area contributed by atoms with Gasteiger partial charge in [-0.2, -0.15) is 0 Å². The van der Waals surface area contributed by atoms with Crippen LogP contribution in [0.4, 0.5) is 13.9 Å². The smallest absolute Gasteiger partial charge is 0.261 e. The van der Waals surface area contributed by atoms with Crippen LogP contribution in [0, 0.1) is 6.92 Å². The number of hydrogen-bond acceptors (Lipinski definition) is 6. The predicted octanol–water partition coefficient (Wildman–Crippen LogP) is 4.13. The van der Waals surface area contributed by atoms with Crippen LogP contribution in [0.2, 0.25) is 0 Å². The van der Waals surface area contributed by atoms with Crippen molar-refractivity contribution in [2.24, 2.45) is 0 Å². The van der Waals surface area contributed by atoms with Crippen molar-refractivity contribution in [1.29, 1.82) is 0 Å². The van der Waals surface area contributed by atoms with Gasteiger partial charge in [0, 0.05) is 30.8 Å². The first kappa shape index (κ1) is 20.2. The highest BCUT2D eigenvalue weighted by Crippen LogP contribution is 2.43. The molecule has 0 radical (unpaired) electrons. The van der Waals surface area contributed by atoms with E-state index in [0.29, 0.717) is 29.3 Å². The van der Waals surface area contributed by atoms with Crippen molar-refractivity contribution in [2.45, 2.75) is 63.0 Å². The van der Waals surface area contributed by atoms with Crippen LogP contribution >= 0.6 is 11.3 Å². The van der Waals surface area contributed by atoms with Gasteiger partial charge in [0.1, 0.15) is 10.8 Å². The Morgan fingerprint density at radius 1 is 1.28 bits per heavy atom. The topological polar surface area (TPSA) is 76.1 Å². The molecular weight excluding hydrogens is 398 g/mol. The summed E-state index contributed by atoms with van der Waals surface area (Å²) in [6, 6.07) is 6.02. The van der Waals surface area contributed by atoms with E-state index in [9.17, 15) is 13.6 Å². The molecule has 0 unspecified atom stereocenters. The van der Waals surface area contributed by atoms with E-state index in [4.69, 9.17) is 4.74 Å². The lowest BCUT2D eigenvalue weighted by Gasteiger charge is -2.29. The lowest BCUT2D eigenvalue weighted by atomic mass is 9.92. The van der Waals surface area contributed by atoms with Gasteiger partial charge in [0.2, 0.25) is 11.1 Å². The molecule has 2 saturated carbocycles. The lowest BCUT2D eigenvalue weighted by molar-refractivity contribution is -0.0405. The maximum Gasteiger partial charge on any atom is 0.261 e. The molecule has 1 heterocycles. The summed E-state index contributed by atoms with van der Waals surface area (Å²) in [5.74, 6) is -2.03. The molecule has 2 atom stereocenters. The van der Waals surface area contributed by atoms with Crippen molar-refractivity contribution in [2.75, 3.05) is 12.4 Å². The number of halogens is 2. The molecular formula is C20H24F2N4O2S. The van der Waals surface area contributed by atoms with Crippen LogP contribution < -0.4 is 15.4 Å². The summed E-state index contributed by atoms with van der Waals surface area (Å²) in [6.45, 7) is 1.82. The molecule has 0 aliphatic heterocycles. The number of carbonyl (C=O) groups is 1. The normalized spacial score (nSPS) is 23.6. The predicted molar refractivity (Wildman–Crippen MR) is 107 cm³/mol. The van der Waals surface area contributed by atoms with Gasteiger partial charge in [0.05, 0.1) is 12.7 Å². The molecule has 29 heavy (non-hydrogen) atoms. The number of anilines is 1. The molecule has 0 bridgehead atoms. The molecule has 1 aromatic carbocycles. The maximum absolute atomic E-state index is 13.3. The second kappa shape index (κ2) is 7.95. The summed E-state index contributed by atoms with van der Waals surface area (Å²) < 4.78 is 32.0. The largest absolute Gasteiger partial charge is 0.496 e. The van der Waals surface area contributed by atoms with Crippen LogP contribution in [0.1, 0.15) is 59.0 Å². The van der Waals surface area contributed by atoms with Gasteiger partial charge in [-0.25, -0.2) is 8.78 Å².